The number of benzene rings is 2. The van der Waals surface area contributed by atoms with E-state index in [0.717, 1.165) is 5.56 Å². The molecule has 10 heteroatoms. The van der Waals surface area contributed by atoms with Gasteiger partial charge in [-0.2, -0.15) is 0 Å². The van der Waals surface area contributed by atoms with Gasteiger partial charge in [0.05, 0.1) is 25.0 Å². The van der Waals surface area contributed by atoms with E-state index >= 15 is 0 Å². The summed E-state index contributed by atoms with van der Waals surface area (Å²) in [7, 11) is 1.30. The van der Waals surface area contributed by atoms with Gasteiger partial charge in [0.1, 0.15) is 10.9 Å². The lowest BCUT2D eigenvalue weighted by molar-refractivity contribution is -0.140. The van der Waals surface area contributed by atoms with Crippen LogP contribution in [-0.4, -0.2) is 41.4 Å². The van der Waals surface area contributed by atoms with E-state index in [1.165, 1.54) is 23.8 Å². The number of amides is 1. The summed E-state index contributed by atoms with van der Waals surface area (Å²) in [5.41, 5.74) is 1.43. The Bertz CT molecular complexity index is 1090. The number of thiocarbonyl (C=S) groups is 1. The van der Waals surface area contributed by atoms with Gasteiger partial charge in [0.2, 0.25) is 0 Å². The van der Waals surface area contributed by atoms with Gasteiger partial charge in [-0.05, 0) is 42.8 Å². The van der Waals surface area contributed by atoms with Gasteiger partial charge in [-0.25, -0.2) is 0 Å². The van der Waals surface area contributed by atoms with Gasteiger partial charge in [-0.3, -0.25) is 14.5 Å². The molecule has 1 aliphatic heterocycles. The maximum atomic E-state index is 12.7. The van der Waals surface area contributed by atoms with Gasteiger partial charge in [0, 0.05) is 22.2 Å². The second-order valence-electron chi connectivity index (χ2n) is 6.79. The van der Waals surface area contributed by atoms with E-state index in [4.69, 9.17) is 44.9 Å². The minimum absolute atomic E-state index is 0.0756. The van der Waals surface area contributed by atoms with Crippen molar-refractivity contribution in [2.45, 2.75) is 20.0 Å². The highest BCUT2D eigenvalue weighted by Crippen LogP contribution is 2.36. The molecule has 0 radical (unpaired) electrons. The average molecular weight is 526 g/mol. The first-order chi connectivity index (χ1) is 15.8. The molecule has 1 saturated heterocycles. The molecule has 0 unspecified atom stereocenters. The predicted molar refractivity (Wildman–Crippen MR) is 135 cm³/mol. The van der Waals surface area contributed by atoms with Crippen LogP contribution in [0.4, 0.5) is 0 Å². The zero-order valence-corrected chi connectivity index (χ0v) is 21.1. The Balaban J connectivity index is 1.77. The third kappa shape index (κ3) is 6.41. The van der Waals surface area contributed by atoms with Crippen molar-refractivity contribution in [3.63, 3.8) is 0 Å². The Morgan fingerprint density at radius 1 is 1.15 bits per heavy atom. The molecule has 1 aliphatic rings. The Hall–Kier alpha value is -2.26. The molecule has 1 heterocycles. The number of esters is 1. The SMILES string of the molecule is CCOc1cc(/C=C2\SC(=S)N(CCC(=O)OC)C2=O)ccc1OCc1c(Cl)cccc1Cl. The van der Waals surface area contributed by atoms with Crippen molar-refractivity contribution in [1.29, 1.82) is 0 Å². The van der Waals surface area contributed by atoms with E-state index in [1.54, 1.807) is 36.4 Å². The minimum Gasteiger partial charge on any atom is -0.490 e. The fourth-order valence-electron chi connectivity index (χ4n) is 2.97. The number of halogens is 2. The number of rotatable bonds is 9. The number of carbonyl (C=O) groups excluding carboxylic acids is 2. The van der Waals surface area contributed by atoms with Gasteiger partial charge >= 0.3 is 5.97 Å². The number of hydrogen-bond acceptors (Lipinski definition) is 7. The minimum atomic E-state index is -0.400. The highest BCUT2D eigenvalue weighted by molar-refractivity contribution is 8.26. The van der Waals surface area contributed by atoms with Crippen LogP contribution in [0.1, 0.15) is 24.5 Å². The lowest BCUT2D eigenvalue weighted by atomic mass is 10.1. The molecular weight excluding hydrogens is 505 g/mol. The number of ether oxygens (including phenoxy) is 3. The Morgan fingerprint density at radius 3 is 2.55 bits per heavy atom. The molecule has 33 heavy (non-hydrogen) atoms. The maximum Gasteiger partial charge on any atom is 0.307 e. The van der Waals surface area contributed by atoms with Crippen molar-refractivity contribution in [3.8, 4) is 11.5 Å². The third-order valence-electron chi connectivity index (χ3n) is 4.64. The third-order valence-corrected chi connectivity index (χ3v) is 6.73. The molecule has 0 atom stereocenters. The van der Waals surface area contributed by atoms with Crippen molar-refractivity contribution < 1.29 is 23.8 Å². The summed E-state index contributed by atoms with van der Waals surface area (Å²) < 4.78 is 16.7. The Kier molecular flexibility index (Phi) is 9.02. The summed E-state index contributed by atoms with van der Waals surface area (Å²) in [6.45, 7) is 2.66. The number of carbonyl (C=O) groups is 2. The first kappa shape index (κ1) is 25.4. The van der Waals surface area contributed by atoms with Gasteiger partial charge in [-0.15, -0.1) is 0 Å². The van der Waals surface area contributed by atoms with Gasteiger partial charge in [-0.1, -0.05) is 59.3 Å². The van der Waals surface area contributed by atoms with Crippen LogP contribution in [0.25, 0.3) is 6.08 Å². The van der Waals surface area contributed by atoms with E-state index in [2.05, 4.69) is 4.74 Å². The normalized spacial score (nSPS) is 14.7. The molecule has 0 N–H and O–H groups in total. The molecule has 1 fully saturated rings. The second-order valence-corrected chi connectivity index (χ2v) is 9.28. The molecule has 1 amide bonds. The number of hydrogen-bond donors (Lipinski definition) is 0. The quantitative estimate of drug-likeness (QED) is 0.235. The molecule has 0 saturated carbocycles. The summed E-state index contributed by atoms with van der Waals surface area (Å²) in [5.74, 6) is 0.398. The van der Waals surface area contributed by atoms with E-state index in [-0.39, 0.29) is 25.5 Å². The van der Waals surface area contributed by atoms with Crippen molar-refractivity contribution in [2.24, 2.45) is 0 Å². The Morgan fingerprint density at radius 2 is 1.88 bits per heavy atom. The number of nitrogens with zero attached hydrogens (tertiary/aromatic N) is 1. The van der Waals surface area contributed by atoms with Crippen LogP contribution in [0.3, 0.4) is 0 Å². The fraction of sp³-hybridized carbons (Fsp3) is 0.261. The van der Waals surface area contributed by atoms with Crippen LogP contribution in [0.5, 0.6) is 11.5 Å². The van der Waals surface area contributed by atoms with Crippen molar-refractivity contribution in [3.05, 3.63) is 62.5 Å². The second kappa shape index (κ2) is 11.7. The predicted octanol–water partition coefficient (Wildman–Crippen LogP) is 5.74. The first-order valence-electron chi connectivity index (χ1n) is 9.98. The van der Waals surface area contributed by atoms with Gasteiger partial charge in [0.25, 0.3) is 5.91 Å². The molecule has 3 rings (SSSR count). The number of methoxy groups -OCH3 is 1. The Labute approximate surface area is 211 Å². The monoisotopic (exact) mass is 525 g/mol. The first-order valence-corrected chi connectivity index (χ1v) is 12.0. The molecular formula is C23H21Cl2NO5S2. The highest BCUT2D eigenvalue weighted by atomic mass is 35.5. The maximum absolute atomic E-state index is 12.7. The van der Waals surface area contributed by atoms with Crippen molar-refractivity contribution in [2.75, 3.05) is 20.3 Å². The van der Waals surface area contributed by atoms with Crippen LogP contribution >= 0.6 is 47.2 Å². The smallest absolute Gasteiger partial charge is 0.307 e. The zero-order chi connectivity index (χ0) is 24.0. The molecule has 0 spiro atoms. The van der Waals surface area contributed by atoms with Crippen molar-refractivity contribution >= 4 is 69.5 Å². The summed E-state index contributed by atoms with van der Waals surface area (Å²) in [4.78, 5) is 26.0. The lowest BCUT2D eigenvalue weighted by Crippen LogP contribution is -2.30. The standard InChI is InChI=1S/C23H21Cl2NO5S2/c1-3-30-19-11-14(7-8-18(19)31-13-15-16(24)5-4-6-17(15)25)12-20-22(28)26(23(32)33-20)10-9-21(27)29-2/h4-8,11-12H,3,9-10,13H2,1-2H3/b20-12-. The topological polar surface area (TPSA) is 65.1 Å². The van der Waals surface area contributed by atoms with E-state index in [0.29, 0.717) is 42.9 Å². The number of thioether (sulfide) groups is 1. The van der Waals surface area contributed by atoms with E-state index in [9.17, 15) is 9.59 Å². The molecule has 6 nitrogen and oxygen atoms in total. The molecule has 2 aromatic carbocycles. The molecule has 174 valence electrons. The van der Waals surface area contributed by atoms with Crippen molar-refractivity contribution in [1.82, 2.24) is 4.90 Å². The molecule has 0 bridgehead atoms. The van der Waals surface area contributed by atoms with Crippen LogP contribution in [0, 0.1) is 0 Å². The fourth-order valence-corrected chi connectivity index (χ4v) is 4.79. The zero-order valence-electron chi connectivity index (χ0n) is 17.9. The van der Waals surface area contributed by atoms with Crippen LogP contribution < -0.4 is 9.47 Å². The van der Waals surface area contributed by atoms with E-state index < -0.39 is 5.97 Å². The lowest BCUT2D eigenvalue weighted by Gasteiger charge is -2.14. The van der Waals surface area contributed by atoms with E-state index in [1.807, 2.05) is 13.0 Å². The highest BCUT2D eigenvalue weighted by Gasteiger charge is 2.32. The van der Waals surface area contributed by atoms with Gasteiger partial charge in [0.15, 0.2) is 11.5 Å². The summed E-state index contributed by atoms with van der Waals surface area (Å²) in [6.07, 6.45) is 1.81. The largest absolute Gasteiger partial charge is 0.490 e. The molecule has 2 aromatic rings. The summed E-state index contributed by atoms with van der Waals surface area (Å²) in [5, 5.41) is 1.04. The molecule has 0 aromatic heterocycles. The summed E-state index contributed by atoms with van der Waals surface area (Å²) in [6, 6.07) is 10.6. The van der Waals surface area contributed by atoms with Crippen LogP contribution in [0.15, 0.2) is 41.3 Å². The van der Waals surface area contributed by atoms with Gasteiger partial charge < -0.3 is 14.2 Å². The summed E-state index contributed by atoms with van der Waals surface area (Å²) >= 11 is 18.9. The van der Waals surface area contributed by atoms with Crippen LogP contribution in [-0.2, 0) is 20.9 Å². The average Bonchev–Trinajstić information content (AvgIpc) is 3.05. The molecule has 0 aliphatic carbocycles. The van der Waals surface area contributed by atoms with Crippen LogP contribution in [0.2, 0.25) is 10.0 Å².